The predicted octanol–water partition coefficient (Wildman–Crippen LogP) is 2.27. The second-order valence-electron chi connectivity index (χ2n) is 6.02. The van der Waals surface area contributed by atoms with Crippen molar-refractivity contribution >= 4 is 5.91 Å². The number of amides is 1. The Labute approximate surface area is 137 Å². The van der Waals surface area contributed by atoms with Crippen LogP contribution in [0.5, 0.6) is 0 Å². The summed E-state index contributed by atoms with van der Waals surface area (Å²) in [7, 11) is 0. The normalized spacial score (nSPS) is 15.9. The van der Waals surface area contributed by atoms with Gasteiger partial charge >= 0.3 is 0 Å². The Morgan fingerprint density at radius 1 is 1.09 bits per heavy atom. The minimum atomic E-state index is 0.109. The van der Waals surface area contributed by atoms with Gasteiger partial charge in [0, 0.05) is 26.2 Å². The van der Waals surface area contributed by atoms with Crippen LogP contribution in [0.3, 0.4) is 0 Å². The van der Waals surface area contributed by atoms with Gasteiger partial charge in [-0.2, -0.15) is 5.10 Å². The van der Waals surface area contributed by atoms with Gasteiger partial charge in [0.1, 0.15) is 0 Å². The molecule has 1 saturated heterocycles. The van der Waals surface area contributed by atoms with Crippen LogP contribution in [0, 0.1) is 13.8 Å². The van der Waals surface area contributed by atoms with Crippen molar-refractivity contribution in [1.82, 2.24) is 19.6 Å². The third-order valence-electron chi connectivity index (χ3n) is 4.61. The fourth-order valence-electron chi connectivity index (χ4n) is 3.20. The highest BCUT2D eigenvalue weighted by Gasteiger charge is 2.26. The van der Waals surface area contributed by atoms with Crippen LogP contribution >= 0.6 is 0 Å². The predicted molar refractivity (Wildman–Crippen MR) is 91.1 cm³/mol. The number of benzene rings is 1. The SMILES string of the molecule is CCN1CCN(C(=O)c2c(C)nn(-c3ccccc3)c2C)CC1. The van der Waals surface area contributed by atoms with Crippen LogP contribution in [-0.4, -0.2) is 58.2 Å². The molecule has 5 heteroatoms. The van der Waals surface area contributed by atoms with E-state index in [0.717, 1.165) is 55.4 Å². The zero-order valence-electron chi connectivity index (χ0n) is 14.1. The molecule has 1 amide bonds. The average Bonchev–Trinajstić information content (AvgIpc) is 2.89. The van der Waals surface area contributed by atoms with Gasteiger partial charge < -0.3 is 9.80 Å². The highest BCUT2D eigenvalue weighted by atomic mass is 16.2. The zero-order valence-corrected chi connectivity index (χ0v) is 14.1. The molecule has 1 aromatic heterocycles. The van der Waals surface area contributed by atoms with Crippen molar-refractivity contribution in [2.45, 2.75) is 20.8 Å². The molecule has 2 aromatic rings. The first-order valence-electron chi connectivity index (χ1n) is 8.25. The Kier molecular flexibility index (Phi) is 4.48. The van der Waals surface area contributed by atoms with Crippen molar-refractivity contribution in [1.29, 1.82) is 0 Å². The average molecular weight is 312 g/mol. The number of piperazine rings is 1. The van der Waals surface area contributed by atoms with E-state index in [4.69, 9.17) is 0 Å². The van der Waals surface area contributed by atoms with Crippen LogP contribution < -0.4 is 0 Å². The Balaban J connectivity index is 1.86. The molecule has 2 heterocycles. The van der Waals surface area contributed by atoms with E-state index in [2.05, 4.69) is 16.9 Å². The molecule has 5 nitrogen and oxygen atoms in total. The van der Waals surface area contributed by atoms with E-state index in [1.807, 2.05) is 53.8 Å². The Hall–Kier alpha value is -2.14. The summed E-state index contributed by atoms with van der Waals surface area (Å²) in [5.74, 6) is 0.109. The molecule has 0 atom stereocenters. The van der Waals surface area contributed by atoms with Crippen molar-refractivity contribution in [2.24, 2.45) is 0 Å². The summed E-state index contributed by atoms with van der Waals surface area (Å²) in [6, 6.07) is 9.96. The Morgan fingerprint density at radius 3 is 2.35 bits per heavy atom. The third-order valence-corrected chi connectivity index (χ3v) is 4.61. The van der Waals surface area contributed by atoms with Crippen molar-refractivity contribution in [3.8, 4) is 5.69 Å². The smallest absolute Gasteiger partial charge is 0.257 e. The Bertz CT molecular complexity index is 685. The number of carbonyl (C=O) groups excluding carboxylic acids is 1. The molecule has 1 aliphatic heterocycles. The lowest BCUT2D eigenvalue weighted by atomic mass is 10.1. The molecule has 0 unspecified atom stereocenters. The summed E-state index contributed by atoms with van der Waals surface area (Å²) >= 11 is 0. The van der Waals surface area contributed by atoms with Gasteiger partial charge in [-0.3, -0.25) is 4.79 Å². The molecule has 1 aliphatic rings. The van der Waals surface area contributed by atoms with Crippen molar-refractivity contribution in [2.75, 3.05) is 32.7 Å². The zero-order chi connectivity index (χ0) is 16.4. The lowest BCUT2D eigenvalue weighted by Gasteiger charge is -2.34. The topological polar surface area (TPSA) is 41.4 Å². The van der Waals surface area contributed by atoms with Gasteiger partial charge in [-0.25, -0.2) is 4.68 Å². The lowest BCUT2D eigenvalue weighted by molar-refractivity contribution is 0.0642. The van der Waals surface area contributed by atoms with Crippen LogP contribution in [0.25, 0.3) is 5.69 Å². The van der Waals surface area contributed by atoms with Crippen LogP contribution in [0.15, 0.2) is 30.3 Å². The van der Waals surface area contributed by atoms with Crippen molar-refractivity contribution in [3.05, 3.63) is 47.3 Å². The number of rotatable bonds is 3. The lowest BCUT2D eigenvalue weighted by Crippen LogP contribution is -2.48. The molecule has 0 bridgehead atoms. The van der Waals surface area contributed by atoms with Gasteiger partial charge in [0.15, 0.2) is 0 Å². The first-order chi connectivity index (χ1) is 11.1. The first-order valence-corrected chi connectivity index (χ1v) is 8.25. The summed E-state index contributed by atoms with van der Waals surface area (Å²) in [6.45, 7) is 10.6. The van der Waals surface area contributed by atoms with Gasteiger partial charge in [-0.15, -0.1) is 0 Å². The second-order valence-corrected chi connectivity index (χ2v) is 6.02. The fraction of sp³-hybridized carbons (Fsp3) is 0.444. The quantitative estimate of drug-likeness (QED) is 0.873. The molecule has 0 saturated carbocycles. The highest BCUT2D eigenvalue weighted by Crippen LogP contribution is 2.20. The van der Waals surface area contributed by atoms with Gasteiger partial charge in [0.05, 0.1) is 22.6 Å². The summed E-state index contributed by atoms with van der Waals surface area (Å²) in [6.07, 6.45) is 0. The number of aryl methyl sites for hydroxylation is 1. The monoisotopic (exact) mass is 312 g/mol. The molecular formula is C18H24N4O. The minimum Gasteiger partial charge on any atom is -0.336 e. The van der Waals surface area contributed by atoms with Crippen LogP contribution in [0.4, 0.5) is 0 Å². The molecule has 122 valence electrons. The van der Waals surface area contributed by atoms with E-state index in [1.54, 1.807) is 0 Å². The van der Waals surface area contributed by atoms with Gasteiger partial charge in [-0.1, -0.05) is 25.1 Å². The van der Waals surface area contributed by atoms with E-state index >= 15 is 0 Å². The highest BCUT2D eigenvalue weighted by molar-refractivity contribution is 5.96. The molecule has 0 N–H and O–H groups in total. The summed E-state index contributed by atoms with van der Waals surface area (Å²) in [5, 5.41) is 4.59. The maximum Gasteiger partial charge on any atom is 0.257 e. The molecule has 0 radical (unpaired) electrons. The van der Waals surface area contributed by atoms with E-state index in [0.29, 0.717) is 0 Å². The van der Waals surface area contributed by atoms with Crippen LogP contribution in [0.2, 0.25) is 0 Å². The number of nitrogens with zero attached hydrogens (tertiary/aromatic N) is 4. The molecule has 0 aliphatic carbocycles. The van der Waals surface area contributed by atoms with Crippen LogP contribution in [-0.2, 0) is 0 Å². The van der Waals surface area contributed by atoms with Gasteiger partial charge in [0.25, 0.3) is 5.91 Å². The molecule has 3 rings (SSSR count). The maximum absolute atomic E-state index is 12.9. The Morgan fingerprint density at radius 2 is 1.74 bits per heavy atom. The van der Waals surface area contributed by atoms with Crippen molar-refractivity contribution in [3.63, 3.8) is 0 Å². The molecule has 1 aromatic carbocycles. The fourth-order valence-corrected chi connectivity index (χ4v) is 3.20. The summed E-state index contributed by atoms with van der Waals surface area (Å²) in [5.41, 5.74) is 3.45. The maximum atomic E-state index is 12.9. The van der Waals surface area contributed by atoms with Crippen molar-refractivity contribution < 1.29 is 4.79 Å². The largest absolute Gasteiger partial charge is 0.336 e. The number of likely N-dealkylation sites (N-methyl/N-ethyl adjacent to an activating group) is 1. The van der Waals surface area contributed by atoms with E-state index in [1.165, 1.54) is 0 Å². The molecule has 0 spiro atoms. The summed E-state index contributed by atoms with van der Waals surface area (Å²) in [4.78, 5) is 17.3. The number of aromatic nitrogens is 2. The standard InChI is InChI=1S/C18H24N4O/c1-4-20-10-12-21(13-11-20)18(23)17-14(2)19-22(15(17)3)16-8-6-5-7-9-16/h5-9H,4,10-13H2,1-3H3. The molecule has 1 fully saturated rings. The van der Waals surface area contributed by atoms with E-state index in [-0.39, 0.29) is 5.91 Å². The number of hydrogen-bond donors (Lipinski definition) is 0. The number of carbonyl (C=O) groups is 1. The number of para-hydroxylation sites is 1. The second kappa shape index (κ2) is 6.54. The minimum absolute atomic E-state index is 0.109. The summed E-state index contributed by atoms with van der Waals surface area (Å²) < 4.78 is 1.87. The van der Waals surface area contributed by atoms with Crippen LogP contribution in [0.1, 0.15) is 28.7 Å². The molecular weight excluding hydrogens is 288 g/mol. The first kappa shape index (κ1) is 15.7. The molecule has 23 heavy (non-hydrogen) atoms. The van der Waals surface area contributed by atoms with E-state index in [9.17, 15) is 4.79 Å². The van der Waals surface area contributed by atoms with Gasteiger partial charge in [0.2, 0.25) is 0 Å². The van der Waals surface area contributed by atoms with Gasteiger partial charge in [-0.05, 0) is 32.5 Å². The third kappa shape index (κ3) is 3.01. The number of hydrogen-bond acceptors (Lipinski definition) is 3. The van der Waals surface area contributed by atoms with E-state index < -0.39 is 0 Å².